The lowest BCUT2D eigenvalue weighted by Gasteiger charge is -2.33. The highest BCUT2D eigenvalue weighted by Crippen LogP contribution is 2.36. The van der Waals surface area contributed by atoms with Crippen molar-refractivity contribution in [2.45, 2.75) is 71.6 Å². The van der Waals surface area contributed by atoms with Crippen LogP contribution in [0.25, 0.3) is 27.6 Å². The molecule has 5 aromatic rings. The first-order valence-corrected chi connectivity index (χ1v) is 15.8. The van der Waals surface area contributed by atoms with E-state index in [0.717, 1.165) is 60.0 Å². The van der Waals surface area contributed by atoms with Crippen molar-refractivity contribution in [3.8, 4) is 5.69 Å². The third-order valence-corrected chi connectivity index (χ3v) is 8.95. The van der Waals surface area contributed by atoms with Gasteiger partial charge in [0.25, 0.3) is 5.91 Å². The summed E-state index contributed by atoms with van der Waals surface area (Å²) >= 11 is 0. The van der Waals surface area contributed by atoms with Gasteiger partial charge >= 0.3 is 5.69 Å². The highest BCUT2D eigenvalue weighted by molar-refractivity contribution is 5.99. The van der Waals surface area contributed by atoms with Gasteiger partial charge in [0.05, 0.1) is 47.1 Å². The second kappa shape index (κ2) is 12.6. The number of hydrogen-bond donors (Lipinski definition) is 2. The molecule has 0 bridgehead atoms. The molecule has 0 saturated carbocycles. The van der Waals surface area contributed by atoms with Crippen LogP contribution in [0.15, 0.2) is 65.8 Å². The summed E-state index contributed by atoms with van der Waals surface area (Å²) in [6, 6.07) is 12.4. The summed E-state index contributed by atoms with van der Waals surface area (Å²) in [6.07, 6.45) is 7.79. The molecule has 1 saturated heterocycles. The van der Waals surface area contributed by atoms with Crippen molar-refractivity contribution in [2.75, 3.05) is 19.7 Å². The second-order valence-electron chi connectivity index (χ2n) is 12.6. The maximum atomic E-state index is 14.6. The topological polar surface area (TPSA) is 99.4 Å². The van der Waals surface area contributed by atoms with Gasteiger partial charge in [-0.25, -0.2) is 9.18 Å². The van der Waals surface area contributed by atoms with Crippen molar-refractivity contribution in [1.29, 1.82) is 0 Å². The Morgan fingerprint density at radius 2 is 1.91 bits per heavy atom. The van der Waals surface area contributed by atoms with E-state index in [1.54, 1.807) is 21.7 Å². The Morgan fingerprint density at radius 3 is 2.67 bits per heavy atom. The fraction of sp³-hybridized carbons (Fsp3) is 0.400. The minimum absolute atomic E-state index is 0.0399. The molecule has 45 heavy (non-hydrogen) atoms. The molecule has 3 aromatic heterocycles. The van der Waals surface area contributed by atoms with Gasteiger partial charge in [0, 0.05) is 43.0 Å². The molecule has 1 aliphatic heterocycles. The number of H-pyrrole nitrogens is 1. The standard InChI is InChI=1S/C35H41FN6O3/c1-22(2)42(23(3)4)34(44)28-17-26(36)8-10-31(28)41-21-29(27-11-12-37-18-33(27)41)25-6-5-13-39(20-25)19-24-7-9-32-30(16-24)38-35(45)40(32)14-15-43/h7-12,16-18,21-23,25,43H,5-6,13-15,19-20H2,1-4H3,(H,38,45). The van der Waals surface area contributed by atoms with Crippen LogP contribution < -0.4 is 5.69 Å². The summed E-state index contributed by atoms with van der Waals surface area (Å²) in [4.78, 5) is 37.8. The number of carbonyl (C=O) groups excluding carboxylic acids is 1. The van der Waals surface area contributed by atoms with Gasteiger partial charge < -0.3 is 19.6 Å². The summed E-state index contributed by atoms with van der Waals surface area (Å²) in [7, 11) is 0. The molecule has 6 rings (SSSR count). The van der Waals surface area contributed by atoms with Crippen LogP contribution in [-0.2, 0) is 13.1 Å². The van der Waals surface area contributed by atoms with Crippen LogP contribution in [0.2, 0.25) is 0 Å². The summed E-state index contributed by atoms with van der Waals surface area (Å²) in [5, 5.41) is 10.4. The van der Waals surface area contributed by atoms with Crippen molar-refractivity contribution in [3.63, 3.8) is 0 Å². The Kier molecular flexibility index (Phi) is 8.61. The number of fused-ring (bicyclic) bond motifs is 2. The number of aliphatic hydroxyl groups is 1. The average Bonchev–Trinajstić information content (AvgIpc) is 3.54. The third-order valence-electron chi connectivity index (χ3n) is 8.95. The van der Waals surface area contributed by atoms with E-state index in [0.29, 0.717) is 11.3 Å². The van der Waals surface area contributed by atoms with E-state index in [2.05, 4.69) is 27.1 Å². The SMILES string of the molecule is CC(C)N(C(=O)c1cc(F)ccc1-n1cc(C2CCCN(Cc3ccc4c(c3)[nH]c(=O)n4CCO)C2)c2ccncc21)C(C)C. The van der Waals surface area contributed by atoms with Crippen LogP contribution in [0.5, 0.6) is 0 Å². The first kappa shape index (κ1) is 30.7. The molecule has 1 atom stereocenters. The van der Waals surface area contributed by atoms with Crippen molar-refractivity contribution in [3.05, 3.63) is 94.0 Å². The number of amides is 1. The first-order valence-electron chi connectivity index (χ1n) is 15.8. The lowest BCUT2D eigenvalue weighted by Crippen LogP contribution is -2.42. The predicted octanol–water partition coefficient (Wildman–Crippen LogP) is 5.44. The summed E-state index contributed by atoms with van der Waals surface area (Å²) in [5.41, 5.74) is 5.50. The second-order valence-corrected chi connectivity index (χ2v) is 12.6. The molecule has 2 N–H and O–H groups in total. The van der Waals surface area contributed by atoms with E-state index < -0.39 is 5.82 Å². The zero-order valence-electron chi connectivity index (χ0n) is 26.3. The quantitative estimate of drug-likeness (QED) is 0.231. The zero-order valence-corrected chi connectivity index (χ0v) is 26.3. The number of imidazole rings is 1. The molecule has 1 amide bonds. The number of aromatic amines is 1. The Hall–Kier alpha value is -4.28. The average molecular weight is 613 g/mol. The number of likely N-dealkylation sites (tertiary alicyclic amines) is 1. The predicted molar refractivity (Wildman–Crippen MR) is 174 cm³/mol. The van der Waals surface area contributed by atoms with Crippen LogP contribution in [-0.4, -0.2) is 71.7 Å². The zero-order chi connectivity index (χ0) is 31.8. The number of nitrogens with zero attached hydrogens (tertiary/aromatic N) is 5. The van der Waals surface area contributed by atoms with Crippen molar-refractivity contribution >= 4 is 27.8 Å². The maximum absolute atomic E-state index is 14.6. The molecule has 4 heterocycles. The monoisotopic (exact) mass is 612 g/mol. The van der Waals surface area contributed by atoms with Gasteiger partial charge in [0.2, 0.25) is 0 Å². The Bertz CT molecular complexity index is 1900. The molecule has 10 heteroatoms. The van der Waals surface area contributed by atoms with Gasteiger partial charge in [-0.1, -0.05) is 6.07 Å². The van der Waals surface area contributed by atoms with Gasteiger partial charge in [0.1, 0.15) is 5.82 Å². The van der Waals surface area contributed by atoms with Gasteiger partial charge in [-0.2, -0.15) is 0 Å². The van der Waals surface area contributed by atoms with Crippen LogP contribution in [0, 0.1) is 5.82 Å². The number of hydrogen-bond acceptors (Lipinski definition) is 5. The minimum atomic E-state index is -0.445. The molecular weight excluding hydrogens is 571 g/mol. The van der Waals surface area contributed by atoms with Gasteiger partial charge in [-0.3, -0.25) is 19.2 Å². The van der Waals surface area contributed by atoms with E-state index in [1.807, 2.05) is 56.7 Å². The van der Waals surface area contributed by atoms with Crippen LogP contribution in [0.3, 0.4) is 0 Å². The lowest BCUT2D eigenvalue weighted by atomic mass is 9.90. The number of rotatable bonds is 9. The van der Waals surface area contributed by atoms with E-state index in [-0.39, 0.29) is 42.8 Å². The molecule has 0 aliphatic carbocycles. The Labute approximate surface area is 261 Å². The van der Waals surface area contributed by atoms with Crippen LogP contribution >= 0.6 is 0 Å². The number of carbonyl (C=O) groups is 1. The number of benzene rings is 2. The largest absolute Gasteiger partial charge is 0.395 e. The van der Waals surface area contributed by atoms with Gasteiger partial charge in [-0.05, 0) is 101 Å². The number of halogens is 1. The summed E-state index contributed by atoms with van der Waals surface area (Å²) in [6.45, 7) is 10.6. The van der Waals surface area contributed by atoms with Crippen LogP contribution in [0.4, 0.5) is 4.39 Å². The van der Waals surface area contributed by atoms with Gasteiger partial charge in [-0.15, -0.1) is 0 Å². The highest BCUT2D eigenvalue weighted by atomic mass is 19.1. The van der Waals surface area contributed by atoms with Crippen molar-refractivity contribution < 1.29 is 14.3 Å². The number of nitrogens with one attached hydrogen (secondary N) is 1. The van der Waals surface area contributed by atoms with E-state index in [1.165, 1.54) is 17.7 Å². The summed E-state index contributed by atoms with van der Waals surface area (Å²) < 4.78 is 18.2. The molecule has 236 valence electrons. The molecule has 1 aliphatic rings. The lowest BCUT2D eigenvalue weighted by molar-refractivity contribution is 0.0643. The third kappa shape index (κ3) is 5.92. The van der Waals surface area contributed by atoms with E-state index in [4.69, 9.17) is 0 Å². The maximum Gasteiger partial charge on any atom is 0.326 e. The van der Waals surface area contributed by atoms with Crippen molar-refractivity contribution in [2.24, 2.45) is 0 Å². The van der Waals surface area contributed by atoms with E-state index >= 15 is 0 Å². The van der Waals surface area contributed by atoms with Crippen LogP contribution in [0.1, 0.15) is 67.9 Å². The minimum Gasteiger partial charge on any atom is -0.395 e. The summed E-state index contributed by atoms with van der Waals surface area (Å²) in [5.74, 6) is -0.392. The molecule has 1 unspecified atom stereocenters. The van der Waals surface area contributed by atoms with E-state index in [9.17, 15) is 19.1 Å². The molecule has 1 fully saturated rings. The first-order chi connectivity index (χ1) is 21.7. The molecular formula is C35H41FN6O3. The number of pyridine rings is 1. The fourth-order valence-corrected chi connectivity index (χ4v) is 7.06. The molecule has 0 spiro atoms. The normalized spacial score (nSPS) is 16.0. The molecule has 0 radical (unpaired) electrons. The van der Waals surface area contributed by atoms with Crippen molar-refractivity contribution in [1.82, 2.24) is 28.9 Å². The highest BCUT2D eigenvalue weighted by Gasteiger charge is 2.28. The Balaban J connectivity index is 1.32. The number of piperidine rings is 1. The Morgan fingerprint density at radius 1 is 1.11 bits per heavy atom. The number of aliphatic hydroxyl groups excluding tert-OH is 1. The van der Waals surface area contributed by atoms with Gasteiger partial charge in [0.15, 0.2) is 0 Å². The molecule has 2 aromatic carbocycles. The smallest absolute Gasteiger partial charge is 0.326 e. The number of aromatic nitrogens is 4. The molecule has 9 nitrogen and oxygen atoms in total. The fourth-order valence-electron chi connectivity index (χ4n) is 7.06.